The van der Waals surface area contributed by atoms with Gasteiger partial charge in [0.2, 0.25) is 0 Å². The SMILES string of the molecule is C=C1N=C(N)C(F)=CN1[C@@H]1O[C@H](C)C2OC(C)(C)O[C@H]21. The van der Waals surface area contributed by atoms with Crippen LogP contribution in [0.2, 0.25) is 0 Å². The summed E-state index contributed by atoms with van der Waals surface area (Å²) in [7, 11) is 0. The van der Waals surface area contributed by atoms with E-state index >= 15 is 0 Å². The maximum atomic E-state index is 13.6. The van der Waals surface area contributed by atoms with Gasteiger partial charge in [0.1, 0.15) is 18.0 Å². The Kier molecular flexibility index (Phi) is 2.89. The third-order valence-corrected chi connectivity index (χ3v) is 3.58. The molecule has 2 saturated heterocycles. The van der Waals surface area contributed by atoms with Gasteiger partial charge in [-0.15, -0.1) is 0 Å². The lowest BCUT2D eigenvalue weighted by Crippen LogP contribution is -2.42. The van der Waals surface area contributed by atoms with Crippen LogP contribution in [-0.4, -0.2) is 41.1 Å². The molecule has 0 spiro atoms. The number of fused-ring (bicyclic) bond motifs is 1. The number of hydrogen-bond acceptors (Lipinski definition) is 6. The van der Waals surface area contributed by atoms with E-state index in [2.05, 4.69) is 11.6 Å². The quantitative estimate of drug-likeness (QED) is 0.783. The van der Waals surface area contributed by atoms with Crippen molar-refractivity contribution in [1.29, 1.82) is 0 Å². The highest BCUT2D eigenvalue weighted by atomic mass is 19.1. The van der Waals surface area contributed by atoms with Crippen molar-refractivity contribution < 1.29 is 18.6 Å². The van der Waals surface area contributed by atoms with Gasteiger partial charge in [0.05, 0.1) is 6.10 Å². The van der Waals surface area contributed by atoms with E-state index in [1.165, 1.54) is 11.1 Å². The number of halogens is 1. The number of nitrogens with zero attached hydrogens (tertiary/aromatic N) is 2. The van der Waals surface area contributed by atoms with E-state index in [-0.39, 0.29) is 24.1 Å². The van der Waals surface area contributed by atoms with Crippen molar-refractivity contribution in [3.63, 3.8) is 0 Å². The third-order valence-electron chi connectivity index (χ3n) is 3.58. The molecule has 0 amide bonds. The fourth-order valence-electron chi connectivity index (χ4n) is 2.73. The molecule has 110 valence electrons. The topological polar surface area (TPSA) is 69.3 Å². The second-order valence-electron chi connectivity index (χ2n) is 5.59. The Hall–Kier alpha value is -1.44. The number of amidine groups is 1. The maximum Gasteiger partial charge on any atom is 0.181 e. The molecule has 0 saturated carbocycles. The van der Waals surface area contributed by atoms with Gasteiger partial charge in [0.15, 0.2) is 23.7 Å². The van der Waals surface area contributed by atoms with Crippen molar-refractivity contribution in [1.82, 2.24) is 4.90 Å². The molecule has 2 N–H and O–H groups in total. The zero-order valence-electron chi connectivity index (χ0n) is 11.7. The molecular formula is C13H18FN3O3. The average Bonchev–Trinajstić information content (AvgIpc) is 2.80. The van der Waals surface area contributed by atoms with Crippen molar-refractivity contribution in [2.24, 2.45) is 10.7 Å². The lowest BCUT2D eigenvalue weighted by atomic mass is 10.1. The van der Waals surface area contributed by atoms with Gasteiger partial charge in [0, 0.05) is 6.20 Å². The summed E-state index contributed by atoms with van der Waals surface area (Å²) in [6.07, 6.45) is -0.0111. The van der Waals surface area contributed by atoms with Crippen LogP contribution in [0.15, 0.2) is 29.4 Å². The van der Waals surface area contributed by atoms with Gasteiger partial charge in [-0.25, -0.2) is 9.38 Å². The Balaban J connectivity index is 1.87. The van der Waals surface area contributed by atoms with Crippen LogP contribution in [0.3, 0.4) is 0 Å². The molecule has 20 heavy (non-hydrogen) atoms. The summed E-state index contributed by atoms with van der Waals surface area (Å²) in [6, 6.07) is 0. The summed E-state index contributed by atoms with van der Waals surface area (Å²) in [5.41, 5.74) is 5.43. The molecule has 3 aliphatic rings. The minimum Gasteiger partial charge on any atom is -0.381 e. The summed E-state index contributed by atoms with van der Waals surface area (Å²) in [5, 5.41) is 0. The van der Waals surface area contributed by atoms with E-state index in [4.69, 9.17) is 19.9 Å². The van der Waals surface area contributed by atoms with Gasteiger partial charge in [-0.2, -0.15) is 0 Å². The van der Waals surface area contributed by atoms with Crippen molar-refractivity contribution in [3.8, 4) is 0 Å². The summed E-state index contributed by atoms with van der Waals surface area (Å²) in [6.45, 7) is 9.35. The smallest absolute Gasteiger partial charge is 0.181 e. The van der Waals surface area contributed by atoms with Crippen LogP contribution >= 0.6 is 0 Å². The van der Waals surface area contributed by atoms with Gasteiger partial charge < -0.3 is 24.8 Å². The second kappa shape index (κ2) is 4.28. The lowest BCUT2D eigenvalue weighted by Gasteiger charge is -2.32. The third kappa shape index (κ3) is 2.02. The molecule has 3 rings (SSSR count). The van der Waals surface area contributed by atoms with E-state index < -0.39 is 17.8 Å². The standard InChI is InChI=1S/C13H18FN3O3/c1-6-9-10(20-13(3,4)19-9)12(18-6)17-5-8(14)11(15)16-7(17)2/h5-6,9-10,12H,2H2,1,3-4H3,(H2,15,16)/t6-,9?,10-,12-/m1/s1. The highest BCUT2D eigenvalue weighted by molar-refractivity contribution is 5.96. The Morgan fingerprint density at radius 2 is 2.05 bits per heavy atom. The molecule has 4 atom stereocenters. The highest BCUT2D eigenvalue weighted by Gasteiger charge is 2.55. The van der Waals surface area contributed by atoms with E-state index in [0.717, 1.165) is 0 Å². The number of ether oxygens (including phenoxy) is 3. The van der Waals surface area contributed by atoms with Crippen LogP contribution in [0, 0.1) is 0 Å². The number of nitrogens with two attached hydrogens (primary N) is 1. The van der Waals surface area contributed by atoms with E-state index in [9.17, 15) is 4.39 Å². The Morgan fingerprint density at radius 1 is 1.40 bits per heavy atom. The van der Waals surface area contributed by atoms with Crippen LogP contribution in [0.5, 0.6) is 0 Å². The predicted molar refractivity (Wildman–Crippen MR) is 70.0 cm³/mol. The average molecular weight is 283 g/mol. The van der Waals surface area contributed by atoms with Crippen molar-refractivity contribution in [2.75, 3.05) is 0 Å². The van der Waals surface area contributed by atoms with Gasteiger partial charge in [-0.1, -0.05) is 6.58 Å². The molecule has 3 heterocycles. The zero-order chi connectivity index (χ0) is 14.7. The molecule has 7 heteroatoms. The maximum absolute atomic E-state index is 13.6. The first-order chi connectivity index (χ1) is 9.28. The molecule has 0 aromatic rings. The fraction of sp³-hybridized carbons (Fsp3) is 0.615. The first-order valence-electron chi connectivity index (χ1n) is 6.49. The van der Waals surface area contributed by atoms with Crippen LogP contribution in [0.25, 0.3) is 0 Å². The number of aliphatic imine (C=N–C) groups is 1. The first-order valence-corrected chi connectivity index (χ1v) is 6.49. The molecule has 0 aromatic heterocycles. The van der Waals surface area contributed by atoms with Gasteiger partial charge in [0.25, 0.3) is 0 Å². The minimum absolute atomic E-state index is 0.167. The highest BCUT2D eigenvalue weighted by Crippen LogP contribution is 2.41. The Morgan fingerprint density at radius 3 is 2.75 bits per heavy atom. The number of rotatable bonds is 1. The first kappa shape index (κ1) is 13.5. The minimum atomic E-state index is -0.687. The zero-order valence-corrected chi connectivity index (χ0v) is 11.7. The summed E-state index contributed by atoms with van der Waals surface area (Å²) in [4.78, 5) is 5.37. The van der Waals surface area contributed by atoms with E-state index in [1.54, 1.807) is 0 Å². The van der Waals surface area contributed by atoms with E-state index in [1.807, 2.05) is 20.8 Å². The molecule has 0 bridgehead atoms. The van der Waals surface area contributed by atoms with Crippen LogP contribution < -0.4 is 5.73 Å². The summed E-state index contributed by atoms with van der Waals surface area (Å²) in [5.74, 6) is -1.17. The summed E-state index contributed by atoms with van der Waals surface area (Å²) < 4.78 is 31.1. The molecular weight excluding hydrogens is 265 g/mol. The molecule has 0 radical (unpaired) electrons. The molecule has 6 nitrogen and oxygen atoms in total. The fourth-order valence-corrected chi connectivity index (χ4v) is 2.73. The Bertz CT molecular complexity index is 517. The molecule has 0 aliphatic carbocycles. The Labute approximate surface area is 116 Å². The van der Waals surface area contributed by atoms with Crippen LogP contribution in [0.4, 0.5) is 4.39 Å². The molecule has 1 unspecified atom stereocenters. The normalized spacial score (nSPS) is 39.6. The monoisotopic (exact) mass is 283 g/mol. The summed E-state index contributed by atoms with van der Waals surface area (Å²) >= 11 is 0. The van der Waals surface area contributed by atoms with Crippen LogP contribution in [-0.2, 0) is 14.2 Å². The van der Waals surface area contributed by atoms with Gasteiger partial charge in [-0.05, 0) is 20.8 Å². The van der Waals surface area contributed by atoms with Gasteiger partial charge >= 0.3 is 0 Å². The second-order valence-corrected chi connectivity index (χ2v) is 5.59. The van der Waals surface area contributed by atoms with Gasteiger partial charge in [-0.3, -0.25) is 0 Å². The molecule has 3 aliphatic heterocycles. The van der Waals surface area contributed by atoms with Crippen molar-refractivity contribution in [2.45, 2.75) is 51.1 Å². The predicted octanol–water partition coefficient (Wildman–Crippen LogP) is 1.21. The van der Waals surface area contributed by atoms with Crippen LogP contribution in [0.1, 0.15) is 20.8 Å². The molecule has 0 aromatic carbocycles. The van der Waals surface area contributed by atoms with Crippen molar-refractivity contribution in [3.05, 3.63) is 24.4 Å². The number of hydrogen-bond donors (Lipinski definition) is 1. The molecule has 2 fully saturated rings. The van der Waals surface area contributed by atoms with Crippen molar-refractivity contribution >= 4 is 5.84 Å². The van der Waals surface area contributed by atoms with E-state index in [0.29, 0.717) is 5.82 Å². The lowest BCUT2D eigenvalue weighted by molar-refractivity contribution is -0.197. The largest absolute Gasteiger partial charge is 0.381 e.